The van der Waals surface area contributed by atoms with Crippen molar-refractivity contribution in [2.45, 2.75) is 77.5 Å². The molecule has 200 valence electrons. The van der Waals surface area contributed by atoms with Crippen molar-refractivity contribution < 1.29 is 29.1 Å². The first-order valence-electron chi connectivity index (χ1n) is 12.0. The average molecular weight is 506 g/mol. The van der Waals surface area contributed by atoms with Gasteiger partial charge in [-0.1, -0.05) is 58.0 Å². The van der Waals surface area contributed by atoms with E-state index in [4.69, 9.17) is 11.5 Å². The molecule has 4 amide bonds. The fourth-order valence-corrected chi connectivity index (χ4v) is 3.54. The molecule has 0 aliphatic heterocycles. The number of hydrogen-bond acceptors (Lipinski definition) is 6. The van der Waals surface area contributed by atoms with Crippen molar-refractivity contribution in [2.24, 2.45) is 23.3 Å². The van der Waals surface area contributed by atoms with Gasteiger partial charge in [0.25, 0.3) is 0 Å². The number of primary amides is 1. The summed E-state index contributed by atoms with van der Waals surface area (Å²) in [5.74, 6) is -4.21. The third-order valence-electron chi connectivity index (χ3n) is 5.52. The third kappa shape index (κ3) is 10.9. The molecule has 8 N–H and O–H groups in total. The minimum Gasteiger partial charge on any atom is -0.480 e. The first kappa shape index (κ1) is 30.6. The predicted octanol–water partition coefficient (Wildman–Crippen LogP) is 0.0630. The highest BCUT2D eigenvalue weighted by atomic mass is 16.4. The van der Waals surface area contributed by atoms with Gasteiger partial charge in [-0.2, -0.15) is 0 Å². The molecule has 11 heteroatoms. The Hall–Kier alpha value is -3.47. The summed E-state index contributed by atoms with van der Waals surface area (Å²) in [5.41, 5.74) is 12.1. The van der Waals surface area contributed by atoms with Crippen molar-refractivity contribution in [3.8, 4) is 0 Å². The molecule has 36 heavy (non-hydrogen) atoms. The molecule has 0 radical (unpaired) electrons. The molecule has 0 aliphatic carbocycles. The molecule has 0 spiro atoms. The number of nitrogens with one attached hydrogen (secondary N) is 3. The molecule has 4 atom stereocenters. The average Bonchev–Trinajstić information content (AvgIpc) is 2.79. The molecule has 0 saturated carbocycles. The zero-order chi connectivity index (χ0) is 27.4. The van der Waals surface area contributed by atoms with Crippen molar-refractivity contribution in [2.75, 3.05) is 0 Å². The van der Waals surface area contributed by atoms with Crippen LogP contribution in [0, 0.1) is 11.8 Å². The van der Waals surface area contributed by atoms with Gasteiger partial charge in [-0.3, -0.25) is 19.2 Å². The standard InChI is InChI=1S/C25H39N5O6/c1-14(2)12-19(25(35)36)29-23(33)18(10-11-20(27)31)28-24(34)21(15(3)4)30-22(32)17(26)13-16-8-6-5-7-9-16/h5-9,14-15,17-19,21H,10-13,26H2,1-4H3,(H2,27,31)(H,28,34)(H,29,33)(H,30,32)(H,35,36). The van der Waals surface area contributed by atoms with Crippen LogP contribution in [0.15, 0.2) is 30.3 Å². The highest BCUT2D eigenvalue weighted by Crippen LogP contribution is 2.09. The predicted molar refractivity (Wildman–Crippen MR) is 134 cm³/mol. The molecule has 1 aromatic carbocycles. The molecular formula is C25H39N5O6. The molecule has 0 heterocycles. The maximum atomic E-state index is 13.1. The van der Waals surface area contributed by atoms with Crippen LogP contribution in [0.2, 0.25) is 0 Å². The Morgan fingerprint density at radius 3 is 1.94 bits per heavy atom. The Morgan fingerprint density at radius 2 is 1.44 bits per heavy atom. The Morgan fingerprint density at radius 1 is 0.861 bits per heavy atom. The lowest BCUT2D eigenvalue weighted by molar-refractivity contribution is -0.143. The zero-order valence-corrected chi connectivity index (χ0v) is 21.3. The van der Waals surface area contributed by atoms with Gasteiger partial charge in [0.1, 0.15) is 18.1 Å². The molecule has 0 saturated heterocycles. The van der Waals surface area contributed by atoms with E-state index in [-0.39, 0.29) is 37.5 Å². The van der Waals surface area contributed by atoms with Crippen LogP contribution in [0.1, 0.15) is 52.5 Å². The largest absolute Gasteiger partial charge is 0.480 e. The van der Waals surface area contributed by atoms with Gasteiger partial charge in [0.15, 0.2) is 0 Å². The number of amides is 4. The summed E-state index contributed by atoms with van der Waals surface area (Å²) in [6, 6.07) is 4.88. The lowest BCUT2D eigenvalue weighted by Gasteiger charge is -2.27. The molecule has 0 aromatic heterocycles. The van der Waals surface area contributed by atoms with Crippen LogP contribution < -0.4 is 27.4 Å². The van der Waals surface area contributed by atoms with Gasteiger partial charge in [-0.15, -0.1) is 0 Å². The van der Waals surface area contributed by atoms with E-state index < -0.39 is 53.8 Å². The first-order chi connectivity index (χ1) is 16.8. The van der Waals surface area contributed by atoms with E-state index in [1.165, 1.54) is 0 Å². The van der Waals surface area contributed by atoms with Crippen LogP contribution in [0.4, 0.5) is 0 Å². The number of carbonyl (C=O) groups excluding carboxylic acids is 4. The number of benzene rings is 1. The Bertz CT molecular complexity index is 905. The van der Waals surface area contributed by atoms with Gasteiger partial charge in [-0.25, -0.2) is 4.79 Å². The maximum absolute atomic E-state index is 13.1. The number of nitrogens with two attached hydrogens (primary N) is 2. The molecule has 0 aliphatic rings. The lowest BCUT2D eigenvalue weighted by Crippen LogP contribution is -2.58. The van der Waals surface area contributed by atoms with Crippen LogP contribution >= 0.6 is 0 Å². The second-order valence-electron chi connectivity index (χ2n) is 9.62. The van der Waals surface area contributed by atoms with Gasteiger partial charge >= 0.3 is 5.97 Å². The summed E-state index contributed by atoms with van der Waals surface area (Å²) in [4.78, 5) is 61.5. The third-order valence-corrected chi connectivity index (χ3v) is 5.52. The quantitative estimate of drug-likeness (QED) is 0.194. The van der Waals surface area contributed by atoms with Gasteiger partial charge in [0, 0.05) is 6.42 Å². The van der Waals surface area contributed by atoms with Gasteiger partial charge < -0.3 is 32.5 Å². The van der Waals surface area contributed by atoms with E-state index in [0.29, 0.717) is 0 Å². The summed E-state index contributed by atoms with van der Waals surface area (Å²) >= 11 is 0. The first-order valence-corrected chi connectivity index (χ1v) is 12.0. The number of carboxylic acids is 1. The fraction of sp³-hybridized carbons (Fsp3) is 0.560. The highest BCUT2D eigenvalue weighted by molar-refractivity contribution is 5.94. The number of aliphatic carboxylic acids is 1. The van der Waals surface area contributed by atoms with E-state index in [1.807, 2.05) is 44.2 Å². The second-order valence-corrected chi connectivity index (χ2v) is 9.62. The highest BCUT2D eigenvalue weighted by Gasteiger charge is 2.32. The van der Waals surface area contributed by atoms with Crippen LogP contribution in [-0.2, 0) is 30.4 Å². The Labute approximate surface area is 211 Å². The number of rotatable bonds is 15. The van der Waals surface area contributed by atoms with E-state index >= 15 is 0 Å². The van der Waals surface area contributed by atoms with Crippen molar-refractivity contribution in [1.29, 1.82) is 0 Å². The van der Waals surface area contributed by atoms with E-state index in [0.717, 1.165) is 5.56 Å². The smallest absolute Gasteiger partial charge is 0.326 e. The van der Waals surface area contributed by atoms with Crippen molar-refractivity contribution >= 4 is 29.6 Å². The van der Waals surface area contributed by atoms with Gasteiger partial charge in [0.05, 0.1) is 6.04 Å². The topological polar surface area (TPSA) is 194 Å². The summed E-state index contributed by atoms with van der Waals surface area (Å²) in [5, 5.41) is 17.0. The monoisotopic (exact) mass is 505 g/mol. The second kappa shape index (κ2) is 14.8. The molecule has 11 nitrogen and oxygen atoms in total. The van der Waals surface area contributed by atoms with Crippen LogP contribution in [-0.4, -0.2) is 58.9 Å². The normalized spacial score (nSPS) is 14.4. The van der Waals surface area contributed by atoms with Crippen LogP contribution in [0.25, 0.3) is 0 Å². The Kier molecular flexibility index (Phi) is 12.6. The molecule has 1 aromatic rings. The van der Waals surface area contributed by atoms with Gasteiger partial charge in [0.2, 0.25) is 23.6 Å². The molecule has 0 fully saturated rings. The van der Waals surface area contributed by atoms with Crippen LogP contribution in [0.3, 0.4) is 0 Å². The SMILES string of the molecule is CC(C)CC(NC(=O)C(CCC(N)=O)NC(=O)C(NC(=O)C(N)Cc1ccccc1)C(C)C)C(=O)O. The Balaban J connectivity index is 2.95. The minimum atomic E-state index is -1.23. The van der Waals surface area contributed by atoms with Crippen molar-refractivity contribution in [1.82, 2.24) is 16.0 Å². The molecule has 4 unspecified atom stereocenters. The molecule has 0 bridgehead atoms. The number of carboxylic acid groups (broad SMARTS) is 1. The summed E-state index contributed by atoms with van der Waals surface area (Å²) < 4.78 is 0. The summed E-state index contributed by atoms with van der Waals surface area (Å²) in [6.07, 6.45) is 0.116. The lowest BCUT2D eigenvalue weighted by atomic mass is 10.00. The van der Waals surface area contributed by atoms with Crippen LogP contribution in [0.5, 0.6) is 0 Å². The minimum absolute atomic E-state index is 0.00862. The van der Waals surface area contributed by atoms with Crippen molar-refractivity contribution in [3.63, 3.8) is 0 Å². The van der Waals surface area contributed by atoms with E-state index in [2.05, 4.69) is 16.0 Å². The van der Waals surface area contributed by atoms with Crippen molar-refractivity contribution in [3.05, 3.63) is 35.9 Å². The van der Waals surface area contributed by atoms with E-state index in [9.17, 15) is 29.1 Å². The number of hydrogen-bond donors (Lipinski definition) is 6. The molecule has 1 rings (SSSR count). The molecular weight excluding hydrogens is 466 g/mol. The fourth-order valence-electron chi connectivity index (χ4n) is 3.54. The van der Waals surface area contributed by atoms with E-state index in [1.54, 1.807) is 13.8 Å². The summed E-state index contributed by atoms with van der Waals surface area (Å²) in [7, 11) is 0. The van der Waals surface area contributed by atoms with Gasteiger partial charge in [-0.05, 0) is 36.7 Å². The number of carbonyl (C=O) groups is 5. The maximum Gasteiger partial charge on any atom is 0.326 e. The summed E-state index contributed by atoms with van der Waals surface area (Å²) in [6.45, 7) is 7.06. The zero-order valence-electron chi connectivity index (χ0n) is 21.3.